The van der Waals surface area contributed by atoms with Crippen LogP contribution in [0.2, 0.25) is 0 Å². The maximum absolute atomic E-state index is 12.4. The van der Waals surface area contributed by atoms with Crippen LogP contribution in [0.3, 0.4) is 0 Å². The number of carbonyl (C=O) groups is 1. The number of alkyl halides is 3. The molecule has 2 rings (SSSR count). The average Bonchev–Trinajstić information content (AvgIpc) is 2.48. The molecule has 0 spiro atoms. The monoisotopic (exact) mass is 344 g/mol. The molecule has 0 aliphatic rings. The smallest absolute Gasteiger partial charge is 0.338 e. The van der Waals surface area contributed by atoms with Gasteiger partial charge in [0.25, 0.3) is 0 Å². The molecule has 0 aliphatic heterocycles. The molecule has 0 aliphatic carbocycles. The second-order valence-electron chi connectivity index (χ2n) is 4.56. The van der Waals surface area contributed by atoms with E-state index in [4.69, 9.17) is 0 Å². The lowest BCUT2D eigenvalue weighted by Gasteiger charge is -2.17. The Morgan fingerprint density at radius 2 is 1.26 bits per heavy atom. The number of halogens is 3. The van der Waals surface area contributed by atoms with Crippen molar-refractivity contribution in [1.29, 1.82) is 0 Å². The second kappa shape index (κ2) is 6.41. The molecule has 0 atom stereocenters. The van der Waals surface area contributed by atoms with E-state index >= 15 is 0 Å². The molecule has 2 aromatic carbocycles. The van der Waals surface area contributed by atoms with E-state index in [0.717, 1.165) is 0 Å². The highest BCUT2D eigenvalue weighted by molar-refractivity contribution is 7.88. The maximum Gasteiger partial charge on any atom is 0.534 e. The molecule has 8 heteroatoms. The topological polar surface area (TPSA) is 60.4 Å². The molecule has 2 aromatic rings. The highest BCUT2D eigenvalue weighted by Gasteiger charge is 2.50. The van der Waals surface area contributed by atoms with Gasteiger partial charge in [-0.15, -0.1) is 0 Å². The van der Waals surface area contributed by atoms with Crippen molar-refractivity contribution in [2.24, 2.45) is 0 Å². The molecule has 122 valence electrons. The van der Waals surface area contributed by atoms with Crippen LogP contribution in [0, 0.1) is 0 Å². The third-order valence-electron chi connectivity index (χ3n) is 2.98. The summed E-state index contributed by atoms with van der Waals surface area (Å²) in [6.07, 6.45) is 0. The molecule has 0 bridgehead atoms. The second-order valence-corrected chi connectivity index (χ2v) is 6.09. The van der Waals surface area contributed by atoms with Crippen LogP contribution in [0.4, 0.5) is 13.2 Å². The van der Waals surface area contributed by atoms with Gasteiger partial charge in [0.15, 0.2) is 0 Å². The Morgan fingerprint density at radius 3 is 1.61 bits per heavy atom. The van der Waals surface area contributed by atoms with Crippen LogP contribution in [-0.2, 0) is 19.1 Å². The summed E-state index contributed by atoms with van der Waals surface area (Å²) in [7, 11) is -6.01. The Hall–Kier alpha value is -2.35. The van der Waals surface area contributed by atoms with Crippen molar-refractivity contribution in [1.82, 2.24) is 0 Å². The van der Waals surface area contributed by atoms with Crippen LogP contribution in [-0.4, -0.2) is 19.9 Å². The van der Waals surface area contributed by atoms with Gasteiger partial charge in [-0.1, -0.05) is 60.7 Å². The van der Waals surface area contributed by atoms with Gasteiger partial charge in [-0.2, -0.15) is 21.6 Å². The quantitative estimate of drug-likeness (QED) is 0.631. The van der Waals surface area contributed by atoms with E-state index in [2.05, 4.69) is 4.18 Å². The maximum atomic E-state index is 12.4. The van der Waals surface area contributed by atoms with Gasteiger partial charge < -0.3 is 4.18 Å². The first-order valence-corrected chi connectivity index (χ1v) is 7.77. The van der Waals surface area contributed by atoms with E-state index in [0.29, 0.717) is 11.1 Å². The summed E-state index contributed by atoms with van der Waals surface area (Å²) in [5, 5.41) is 0. The molecule has 0 saturated heterocycles. The van der Waals surface area contributed by atoms with E-state index in [9.17, 15) is 26.4 Å². The van der Waals surface area contributed by atoms with E-state index in [-0.39, 0.29) is 0 Å². The number of hydrogen-bond donors (Lipinski definition) is 0. The third kappa shape index (κ3) is 3.89. The molecular formula is C15H11F3O4S. The molecule has 0 unspecified atom stereocenters. The van der Waals surface area contributed by atoms with Gasteiger partial charge in [0.1, 0.15) is 5.92 Å². The van der Waals surface area contributed by atoms with E-state index in [1.54, 1.807) is 36.4 Å². The van der Waals surface area contributed by atoms with Gasteiger partial charge >= 0.3 is 21.6 Å². The van der Waals surface area contributed by atoms with Gasteiger partial charge in [-0.05, 0) is 11.1 Å². The van der Waals surface area contributed by atoms with E-state index < -0.39 is 27.5 Å². The van der Waals surface area contributed by atoms with Gasteiger partial charge in [0.2, 0.25) is 0 Å². The fourth-order valence-corrected chi connectivity index (χ4v) is 2.37. The standard InChI is InChI=1S/C15H11F3O4S/c16-15(17,18)23(20,21)22-14(19)13(11-7-3-1-4-8-11)12-9-5-2-6-10-12/h1-10,13H. The summed E-state index contributed by atoms with van der Waals surface area (Å²) in [5.74, 6) is -2.80. The predicted octanol–water partition coefficient (Wildman–Crippen LogP) is 3.21. The molecule has 0 aromatic heterocycles. The largest absolute Gasteiger partial charge is 0.534 e. The number of hydrogen-bond acceptors (Lipinski definition) is 4. The number of benzene rings is 2. The van der Waals surface area contributed by atoms with Crippen LogP contribution in [0.25, 0.3) is 0 Å². The fourth-order valence-electron chi connectivity index (χ4n) is 1.96. The van der Waals surface area contributed by atoms with Gasteiger partial charge in [-0.25, -0.2) is 4.79 Å². The van der Waals surface area contributed by atoms with Crippen LogP contribution in [0.5, 0.6) is 0 Å². The van der Waals surface area contributed by atoms with Gasteiger partial charge in [-0.3, -0.25) is 0 Å². The highest BCUT2D eigenvalue weighted by atomic mass is 32.2. The minimum Gasteiger partial charge on any atom is -0.338 e. The van der Waals surface area contributed by atoms with E-state index in [1.807, 2.05) is 0 Å². The molecule has 0 heterocycles. The lowest BCUT2D eigenvalue weighted by atomic mass is 9.92. The minimum atomic E-state index is -6.01. The Morgan fingerprint density at radius 1 is 0.870 bits per heavy atom. The molecule has 0 N–H and O–H groups in total. The van der Waals surface area contributed by atoms with Crippen molar-refractivity contribution in [2.75, 3.05) is 0 Å². The lowest BCUT2D eigenvalue weighted by Crippen LogP contribution is -2.30. The molecule has 0 amide bonds. The van der Waals surface area contributed by atoms with E-state index in [1.165, 1.54) is 24.3 Å². The third-order valence-corrected chi connectivity index (χ3v) is 3.93. The summed E-state index contributed by atoms with van der Waals surface area (Å²) in [6.45, 7) is 0. The highest BCUT2D eigenvalue weighted by Crippen LogP contribution is 2.30. The van der Waals surface area contributed by atoms with Gasteiger partial charge in [0.05, 0.1) is 0 Å². The molecule has 0 saturated carbocycles. The molecule has 0 radical (unpaired) electrons. The summed E-state index contributed by atoms with van der Waals surface area (Å²) < 4.78 is 63.1. The van der Waals surface area contributed by atoms with Crippen LogP contribution in [0.1, 0.15) is 17.0 Å². The van der Waals surface area contributed by atoms with Crippen LogP contribution < -0.4 is 0 Å². The Bertz CT molecular complexity index is 732. The Labute approximate surface area is 130 Å². The minimum absolute atomic E-state index is 0.320. The first kappa shape index (κ1) is 17.0. The fraction of sp³-hybridized carbons (Fsp3) is 0.133. The molecular weight excluding hydrogens is 333 g/mol. The van der Waals surface area contributed by atoms with Crippen molar-refractivity contribution < 1.29 is 30.6 Å². The molecule has 4 nitrogen and oxygen atoms in total. The number of rotatable bonds is 4. The first-order valence-electron chi connectivity index (χ1n) is 6.37. The van der Waals surface area contributed by atoms with Crippen LogP contribution >= 0.6 is 0 Å². The lowest BCUT2D eigenvalue weighted by molar-refractivity contribution is -0.137. The number of carbonyl (C=O) groups excluding carboxylic acids is 1. The molecule has 23 heavy (non-hydrogen) atoms. The Kier molecular flexibility index (Phi) is 4.74. The van der Waals surface area contributed by atoms with Crippen molar-refractivity contribution in [2.45, 2.75) is 11.4 Å². The zero-order valence-corrected chi connectivity index (χ0v) is 12.3. The molecule has 0 fully saturated rings. The zero-order valence-electron chi connectivity index (χ0n) is 11.5. The van der Waals surface area contributed by atoms with Crippen molar-refractivity contribution in [3.63, 3.8) is 0 Å². The van der Waals surface area contributed by atoms with Crippen LogP contribution in [0.15, 0.2) is 60.7 Å². The first-order chi connectivity index (χ1) is 10.7. The van der Waals surface area contributed by atoms with Crippen molar-refractivity contribution in [3.8, 4) is 0 Å². The normalized spacial score (nSPS) is 12.2. The summed E-state index contributed by atoms with van der Waals surface area (Å²) in [4.78, 5) is 12.1. The van der Waals surface area contributed by atoms with Crippen molar-refractivity contribution in [3.05, 3.63) is 71.8 Å². The van der Waals surface area contributed by atoms with Gasteiger partial charge in [0, 0.05) is 0 Å². The zero-order chi connectivity index (χ0) is 17.1. The summed E-state index contributed by atoms with van der Waals surface area (Å²) in [5.41, 5.74) is -5.03. The SMILES string of the molecule is O=C(OS(=O)(=O)C(F)(F)F)C(c1ccccc1)c1ccccc1. The van der Waals surface area contributed by atoms with Crippen molar-refractivity contribution >= 4 is 16.1 Å². The summed E-state index contributed by atoms with van der Waals surface area (Å²) >= 11 is 0. The predicted molar refractivity (Wildman–Crippen MR) is 75.8 cm³/mol. The summed E-state index contributed by atoms with van der Waals surface area (Å²) in [6, 6.07) is 15.6. The average molecular weight is 344 g/mol. The Balaban J connectivity index is 2.42.